The van der Waals surface area contributed by atoms with E-state index in [0.717, 1.165) is 0 Å². The first kappa shape index (κ1) is 11.6. The topological polar surface area (TPSA) is 73.6 Å². The molecule has 19 heavy (non-hydrogen) atoms. The van der Waals surface area contributed by atoms with E-state index in [2.05, 4.69) is 10.5 Å². The molecular weight excluding hydrogens is 248 g/mol. The summed E-state index contributed by atoms with van der Waals surface area (Å²) in [5, 5.41) is 6.38. The van der Waals surface area contributed by atoms with Gasteiger partial charge in [-0.05, 0) is 19.1 Å². The lowest BCUT2D eigenvalue weighted by atomic mass is 10.2. The second kappa shape index (κ2) is 4.64. The molecular formula is C13H12N2O4. The molecule has 0 fully saturated rings. The van der Waals surface area contributed by atoms with Gasteiger partial charge in [0.05, 0.1) is 5.69 Å². The maximum Gasteiger partial charge on any atom is 0.294 e. The smallest absolute Gasteiger partial charge is 0.294 e. The molecule has 2 heterocycles. The number of fused-ring (bicyclic) bond motifs is 1. The lowest BCUT2D eigenvalue weighted by Gasteiger charge is -2.18. The number of benzene rings is 1. The zero-order valence-electron chi connectivity index (χ0n) is 10.3. The maximum atomic E-state index is 11.9. The van der Waals surface area contributed by atoms with Gasteiger partial charge in [0.1, 0.15) is 13.2 Å². The van der Waals surface area contributed by atoms with Gasteiger partial charge in [-0.2, -0.15) is 0 Å². The minimum atomic E-state index is -0.350. The number of rotatable bonds is 2. The van der Waals surface area contributed by atoms with Crippen LogP contribution in [-0.4, -0.2) is 24.3 Å². The van der Waals surface area contributed by atoms with Crippen molar-refractivity contribution in [3.8, 4) is 11.5 Å². The number of amides is 1. The van der Waals surface area contributed by atoms with Crippen LogP contribution >= 0.6 is 0 Å². The third kappa shape index (κ3) is 2.37. The van der Waals surface area contributed by atoms with Crippen molar-refractivity contribution in [2.75, 3.05) is 18.5 Å². The summed E-state index contributed by atoms with van der Waals surface area (Å²) in [6, 6.07) is 6.80. The molecule has 1 aliphatic heterocycles. The van der Waals surface area contributed by atoms with E-state index in [1.165, 1.54) is 0 Å². The summed E-state index contributed by atoms with van der Waals surface area (Å²) in [7, 11) is 0. The minimum absolute atomic E-state index is 0.174. The van der Waals surface area contributed by atoms with Crippen LogP contribution in [0.1, 0.15) is 16.2 Å². The Hall–Kier alpha value is -2.50. The molecule has 0 spiro atoms. The summed E-state index contributed by atoms with van der Waals surface area (Å²) in [6.07, 6.45) is 0. The quantitative estimate of drug-likeness (QED) is 0.894. The van der Waals surface area contributed by atoms with Crippen LogP contribution in [0.25, 0.3) is 0 Å². The molecule has 0 saturated heterocycles. The van der Waals surface area contributed by atoms with Crippen LogP contribution in [-0.2, 0) is 0 Å². The fourth-order valence-electron chi connectivity index (χ4n) is 1.78. The second-order valence-electron chi connectivity index (χ2n) is 4.15. The van der Waals surface area contributed by atoms with Gasteiger partial charge < -0.3 is 19.3 Å². The first-order valence-corrected chi connectivity index (χ1v) is 5.87. The molecule has 1 amide bonds. The molecule has 3 rings (SSSR count). The number of aryl methyl sites for hydroxylation is 1. The predicted molar refractivity (Wildman–Crippen MR) is 66.6 cm³/mol. The second-order valence-corrected chi connectivity index (χ2v) is 4.15. The highest BCUT2D eigenvalue weighted by molar-refractivity contribution is 6.02. The molecule has 0 radical (unpaired) electrons. The van der Waals surface area contributed by atoms with E-state index in [9.17, 15) is 4.79 Å². The molecule has 0 saturated carbocycles. The fourth-order valence-corrected chi connectivity index (χ4v) is 1.78. The van der Waals surface area contributed by atoms with Gasteiger partial charge >= 0.3 is 0 Å². The summed E-state index contributed by atoms with van der Waals surface area (Å²) in [5.74, 6) is 1.13. The van der Waals surface area contributed by atoms with Crippen molar-refractivity contribution < 1.29 is 18.8 Å². The van der Waals surface area contributed by atoms with Gasteiger partial charge in [0, 0.05) is 17.8 Å². The van der Waals surface area contributed by atoms with E-state index in [-0.39, 0.29) is 11.7 Å². The Morgan fingerprint density at radius 3 is 2.74 bits per heavy atom. The highest BCUT2D eigenvalue weighted by Crippen LogP contribution is 2.32. The van der Waals surface area contributed by atoms with Crippen LogP contribution in [0.2, 0.25) is 0 Å². The van der Waals surface area contributed by atoms with Gasteiger partial charge in [-0.1, -0.05) is 5.16 Å². The van der Waals surface area contributed by atoms with E-state index < -0.39 is 0 Å². The number of anilines is 1. The summed E-state index contributed by atoms with van der Waals surface area (Å²) in [4.78, 5) is 11.9. The maximum absolute atomic E-state index is 11.9. The molecule has 98 valence electrons. The summed E-state index contributed by atoms with van der Waals surface area (Å²) >= 11 is 0. The number of nitrogens with one attached hydrogen (secondary N) is 1. The van der Waals surface area contributed by atoms with Crippen molar-refractivity contribution in [2.24, 2.45) is 0 Å². The first-order valence-electron chi connectivity index (χ1n) is 5.87. The van der Waals surface area contributed by atoms with Crippen molar-refractivity contribution in [3.63, 3.8) is 0 Å². The molecule has 1 aromatic heterocycles. The third-order valence-corrected chi connectivity index (χ3v) is 2.65. The standard InChI is InChI=1S/C13H12N2O4/c1-8-6-12(19-15-8)13(16)14-9-2-3-10-11(7-9)18-5-4-17-10/h2-3,6-7H,4-5H2,1H3,(H,14,16). The van der Waals surface area contributed by atoms with Crippen molar-refractivity contribution >= 4 is 11.6 Å². The number of ether oxygens (including phenoxy) is 2. The van der Waals surface area contributed by atoms with Crippen LogP contribution in [0.3, 0.4) is 0 Å². The molecule has 6 heteroatoms. The zero-order valence-corrected chi connectivity index (χ0v) is 10.3. The lowest BCUT2D eigenvalue weighted by molar-refractivity contribution is 0.0988. The van der Waals surface area contributed by atoms with Crippen molar-refractivity contribution in [2.45, 2.75) is 6.92 Å². The number of nitrogens with zero attached hydrogens (tertiary/aromatic N) is 1. The molecule has 1 N–H and O–H groups in total. The van der Waals surface area contributed by atoms with Gasteiger partial charge in [-0.25, -0.2) is 0 Å². The lowest BCUT2D eigenvalue weighted by Crippen LogP contribution is -2.16. The summed E-state index contributed by atoms with van der Waals surface area (Å²) in [6.45, 7) is 2.80. The van der Waals surface area contributed by atoms with E-state index in [4.69, 9.17) is 14.0 Å². The number of carbonyl (C=O) groups is 1. The minimum Gasteiger partial charge on any atom is -0.486 e. The Kier molecular flexibility index (Phi) is 2.83. The van der Waals surface area contributed by atoms with Gasteiger partial charge in [-0.15, -0.1) is 0 Å². The normalized spacial score (nSPS) is 13.1. The third-order valence-electron chi connectivity index (χ3n) is 2.65. The van der Waals surface area contributed by atoms with Crippen molar-refractivity contribution in [1.29, 1.82) is 0 Å². The average Bonchev–Trinajstić information content (AvgIpc) is 2.85. The molecule has 0 aliphatic carbocycles. The van der Waals surface area contributed by atoms with E-state index >= 15 is 0 Å². The van der Waals surface area contributed by atoms with Gasteiger partial charge in [0.15, 0.2) is 11.5 Å². The number of carbonyl (C=O) groups excluding carboxylic acids is 1. The predicted octanol–water partition coefficient (Wildman–Crippen LogP) is 2.01. The van der Waals surface area contributed by atoms with Crippen LogP contribution in [0.5, 0.6) is 11.5 Å². The van der Waals surface area contributed by atoms with E-state index in [1.807, 2.05) is 0 Å². The number of aromatic nitrogens is 1. The van der Waals surface area contributed by atoms with Gasteiger partial charge in [0.25, 0.3) is 5.91 Å². The number of hydrogen-bond acceptors (Lipinski definition) is 5. The molecule has 1 aliphatic rings. The van der Waals surface area contributed by atoms with Crippen LogP contribution in [0.4, 0.5) is 5.69 Å². The molecule has 2 aromatic rings. The summed E-state index contributed by atoms with van der Waals surface area (Å²) in [5.41, 5.74) is 1.27. The van der Waals surface area contributed by atoms with Crippen molar-refractivity contribution in [3.05, 3.63) is 35.7 Å². The first-order chi connectivity index (χ1) is 9.22. The Morgan fingerprint density at radius 2 is 2.00 bits per heavy atom. The zero-order chi connectivity index (χ0) is 13.2. The molecule has 0 bridgehead atoms. The van der Waals surface area contributed by atoms with E-state index in [0.29, 0.717) is 36.1 Å². The summed E-state index contributed by atoms with van der Waals surface area (Å²) < 4.78 is 15.7. The highest BCUT2D eigenvalue weighted by Gasteiger charge is 2.15. The highest BCUT2D eigenvalue weighted by atomic mass is 16.6. The van der Waals surface area contributed by atoms with Crippen LogP contribution in [0.15, 0.2) is 28.8 Å². The van der Waals surface area contributed by atoms with Gasteiger partial charge in [-0.3, -0.25) is 4.79 Å². The molecule has 1 aromatic carbocycles. The fraction of sp³-hybridized carbons (Fsp3) is 0.231. The number of hydrogen-bond donors (Lipinski definition) is 1. The Balaban J connectivity index is 1.78. The molecule has 0 unspecified atom stereocenters. The Bertz CT molecular complexity index is 621. The molecule has 0 atom stereocenters. The largest absolute Gasteiger partial charge is 0.486 e. The van der Waals surface area contributed by atoms with Crippen molar-refractivity contribution in [1.82, 2.24) is 5.16 Å². The van der Waals surface area contributed by atoms with Gasteiger partial charge in [0.2, 0.25) is 5.76 Å². The monoisotopic (exact) mass is 260 g/mol. The molecule has 6 nitrogen and oxygen atoms in total. The Morgan fingerprint density at radius 1 is 1.21 bits per heavy atom. The SMILES string of the molecule is Cc1cc(C(=O)Nc2ccc3c(c2)OCCO3)on1. The Labute approximate surface area is 109 Å². The average molecular weight is 260 g/mol. The van der Waals surface area contributed by atoms with Crippen LogP contribution in [0, 0.1) is 6.92 Å². The van der Waals surface area contributed by atoms with E-state index in [1.54, 1.807) is 31.2 Å². The van der Waals surface area contributed by atoms with Crippen LogP contribution < -0.4 is 14.8 Å².